The van der Waals surface area contributed by atoms with E-state index in [2.05, 4.69) is 15.3 Å². The second kappa shape index (κ2) is 6.31. The highest BCUT2D eigenvalue weighted by Gasteiger charge is 2.01. The van der Waals surface area contributed by atoms with Crippen LogP contribution in [0.15, 0.2) is 12.4 Å². The van der Waals surface area contributed by atoms with Gasteiger partial charge in [-0.15, -0.1) is 0 Å². The van der Waals surface area contributed by atoms with Gasteiger partial charge in [0.05, 0.1) is 24.7 Å². The molecule has 0 aromatic carbocycles. The third-order valence-corrected chi connectivity index (χ3v) is 1.98. The van der Waals surface area contributed by atoms with Crippen LogP contribution < -0.4 is 5.32 Å². The van der Waals surface area contributed by atoms with Crippen LogP contribution in [0.4, 0.5) is 5.82 Å². The fourth-order valence-electron chi connectivity index (χ4n) is 1.24. The molecule has 0 fully saturated rings. The van der Waals surface area contributed by atoms with Gasteiger partial charge in [0.2, 0.25) is 0 Å². The summed E-state index contributed by atoms with van der Waals surface area (Å²) in [7, 11) is 1.94. The van der Waals surface area contributed by atoms with Crippen LogP contribution in [-0.2, 0) is 6.54 Å². The highest BCUT2D eigenvalue weighted by Crippen LogP contribution is 2.02. The van der Waals surface area contributed by atoms with Crippen molar-refractivity contribution in [3.63, 3.8) is 0 Å². The van der Waals surface area contributed by atoms with Crippen LogP contribution in [0.5, 0.6) is 0 Å². The third kappa shape index (κ3) is 4.22. The molecular formula is C10H18N4O. The van der Waals surface area contributed by atoms with Crippen molar-refractivity contribution in [1.82, 2.24) is 14.9 Å². The molecular weight excluding hydrogens is 192 g/mol. The lowest BCUT2D eigenvalue weighted by Gasteiger charge is -2.14. The number of anilines is 1. The Morgan fingerprint density at radius 2 is 2.20 bits per heavy atom. The highest BCUT2D eigenvalue weighted by molar-refractivity contribution is 5.30. The molecule has 0 radical (unpaired) electrons. The van der Waals surface area contributed by atoms with Gasteiger partial charge < -0.3 is 10.4 Å². The number of rotatable bonds is 6. The molecule has 0 unspecified atom stereocenters. The average Bonchev–Trinajstić information content (AvgIpc) is 2.22. The Balaban J connectivity index is 2.48. The van der Waals surface area contributed by atoms with Gasteiger partial charge in [-0.1, -0.05) is 0 Å². The number of nitrogens with one attached hydrogen (secondary N) is 1. The first-order valence-electron chi connectivity index (χ1n) is 5.10. The largest absolute Gasteiger partial charge is 0.395 e. The summed E-state index contributed by atoms with van der Waals surface area (Å²) in [5, 5.41) is 11.8. The summed E-state index contributed by atoms with van der Waals surface area (Å²) in [6, 6.07) is 0. The molecule has 0 saturated heterocycles. The third-order valence-electron chi connectivity index (χ3n) is 1.98. The van der Waals surface area contributed by atoms with Gasteiger partial charge in [0.15, 0.2) is 0 Å². The van der Waals surface area contributed by atoms with Gasteiger partial charge in [-0.3, -0.25) is 9.88 Å². The van der Waals surface area contributed by atoms with Crippen LogP contribution >= 0.6 is 0 Å². The molecule has 5 nitrogen and oxygen atoms in total. The Bertz CT molecular complexity index is 275. The van der Waals surface area contributed by atoms with E-state index in [4.69, 9.17) is 5.11 Å². The monoisotopic (exact) mass is 210 g/mol. The Morgan fingerprint density at radius 3 is 2.73 bits per heavy atom. The quantitative estimate of drug-likeness (QED) is 0.708. The number of aromatic nitrogens is 2. The number of nitrogens with zero attached hydrogens (tertiary/aromatic N) is 3. The maximum Gasteiger partial charge on any atom is 0.144 e. The first-order valence-corrected chi connectivity index (χ1v) is 5.10. The van der Waals surface area contributed by atoms with E-state index < -0.39 is 0 Å². The molecule has 0 saturated carbocycles. The van der Waals surface area contributed by atoms with Crippen LogP contribution in [0, 0.1) is 0 Å². The van der Waals surface area contributed by atoms with Gasteiger partial charge >= 0.3 is 0 Å². The SMILES string of the molecule is CCNc1cnc(CN(C)CCO)cn1. The Kier molecular flexibility index (Phi) is 5.00. The lowest BCUT2D eigenvalue weighted by Crippen LogP contribution is -2.22. The molecule has 1 rings (SSSR count). The highest BCUT2D eigenvalue weighted by atomic mass is 16.3. The zero-order valence-corrected chi connectivity index (χ0v) is 9.27. The Hall–Kier alpha value is -1.20. The number of likely N-dealkylation sites (N-methyl/N-ethyl adjacent to an activating group) is 1. The van der Waals surface area contributed by atoms with E-state index in [0.29, 0.717) is 13.1 Å². The van der Waals surface area contributed by atoms with Crippen molar-refractivity contribution in [2.75, 3.05) is 32.1 Å². The predicted octanol–water partition coefficient (Wildman–Crippen LogP) is 0.332. The first-order chi connectivity index (χ1) is 7.26. The molecule has 84 valence electrons. The molecule has 1 aromatic heterocycles. The van der Waals surface area contributed by atoms with Gasteiger partial charge in [0, 0.05) is 19.6 Å². The molecule has 15 heavy (non-hydrogen) atoms. The molecule has 0 spiro atoms. The number of hydrogen-bond acceptors (Lipinski definition) is 5. The minimum absolute atomic E-state index is 0.166. The minimum Gasteiger partial charge on any atom is -0.395 e. The van der Waals surface area contributed by atoms with Crippen molar-refractivity contribution >= 4 is 5.82 Å². The number of aliphatic hydroxyl groups excluding tert-OH is 1. The van der Waals surface area contributed by atoms with Crippen LogP contribution in [0.2, 0.25) is 0 Å². The van der Waals surface area contributed by atoms with E-state index in [0.717, 1.165) is 18.1 Å². The van der Waals surface area contributed by atoms with E-state index >= 15 is 0 Å². The lowest BCUT2D eigenvalue weighted by atomic mass is 10.4. The van der Waals surface area contributed by atoms with Crippen molar-refractivity contribution in [3.8, 4) is 0 Å². The van der Waals surface area contributed by atoms with Crippen LogP contribution in [-0.4, -0.2) is 46.7 Å². The lowest BCUT2D eigenvalue weighted by molar-refractivity contribution is 0.216. The Morgan fingerprint density at radius 1 is 1.40 bits per heavy atom. The second-order valence-corrected chi connectivity index (χ2v) is 3.38. The summed E-state index contributed by atoms with van der Waals surface area (Å²) < 4.78 is 0. The normalized spacial score (nSPS) is 10.7. The van der Waals surface area contributed by atoms with E-state index in [1.807, 2.05) is 18.9 Å². The summed E-state index contributed by atoms with van der Waals surface area (Å²) in [6.07, 6.45) is 3.48. The van der Waals surface area contributed by atoms with E-state index in [1.54, 1.807) is 12.4 Å². The standard InChI is InChI=1S/C10H18N4O/c1-3-11-10-7-12-9(6-13-10)8-14(2)4-5-15/h6-7,15H,3-5,8H2,1-2H3,(H,11,13). The summed E-state index contributed by atoms with van der Waals surface area (Å²) in [4.78, 5) is 10.5. The number of hydrogen-bond donors (Lipinski definition) is 2. The molecule has 0 atom stereocenters. The van der Waals surface area contributed by atoms with Crippen molar-refractivity contribution in [2.24, 2.45) is 0 Å². The van der Waals surface area contributed by atoms with E-state index in [1.165, 1.54) is 0 Å². The van der Waals surface area contributed by atoms with Crippen molar-refractivity contribution < 1.29 is 5.11 Å². The molecule has 0 aliphatic carbocycles. The summed E-state index contributed by atoms with van der Waals surface area (Å²) in [6.45, 7) is 4.39. The number of aliphatic hydroxyl groups is 1. The average molecular weight is 210 g/mol. The molecule has 2 N–H and O–H groups in total. The van der Waals surface area contributed by atoms with Crippen LogP contribution in [0.1, 0.15) is 12.6 Å². The predicted molar refractivity (Wildman–Crippen MR) is 59.6 cm³/mol. The van der Waals surface area contributed by atoms with Crippen molar-refractivity contribution in [2.45, 2.75) is 13.5 Å². The molecule has 1 aromatic rings. The maximum absolute atomic E-state index is 8.74. The molecule has 0 aliphatic rings. The van der Waals surface area contributed by atoms with E-state index in [9.17, 15) is 0 Å². The molecule has 1 heterocycles. The minimum atomic E-state index is 0.166. The van der Waals surface area contributed by atoms with Gasteiger partial charge in [-0.05, 0) is 14.0 Å². The molecule has 0 aliphatic heterocycles. The van der Waals surface area contributed by atoms with Crippen molar-refractivity contribution in [1.29, 1.82) is 0 Å². The van der Waals surface area contributed by atoms with Crippen molar-refractivity contribution in [3.05, 3.63) is 18.1 Å². The fraction of sp³-hybridized carbons (Fsp3) is 0.600. The van der Waals surface area contributed by atoms with Gasteiger partial charge in [-0.2, -0.15) is 0 Å². The first kappa shape index (κ1) is 11.9. The fourth-order valence-corrected chi connectivity index (χ4v) is 1.24. The topological polar surface area (TPSA) is 61.3 Å². The second-order valence-electron chi connectivity index (χ2n) is 3.38. The van der Waals surface area contributed by atoms with Gasteiger partial charge in [0.25, 0.3) is 0 Å². The molecule has 5 heteroatoms. The summed E-state index contributed by atoms with van der Waals surface area (Å²) >= 11 is 0. The summed E-state index contributed by atoms with van der Waals surface area (Å²) in [5.74, 6) is 0.797. The Labute approximate surface area is 90.2 Å². The van der Waals surface area contributed by atoms with E-state index in [-0.39, 0.29) is 6.61 Å². The van der Waals surface area contributed by atoms with Gasteiger partial charge in [0.1, 0.15) is 5.82 Å². The van der Waals surface area contributed by atoms with Crippen LogP contribution in [0.25, 0.3) is 0 Å². The zero-order valence-electron chi connectivity index (χ0n) is 9.27. The van der Waals surface area contributed by atoms with Crippen LogP contribution in [0.3, 0.4) is 0 Å². The van der Waals surface area contributed by atoms with Gasteiger partial charge in [-0.25, -0.2) is 4.98 Å². The smallest absolute Gasteiger partial charge is 0.144 e. The zero-order chi connectivity index (χ0) is 11.1. The summed E-state index contributed by atoms with van der Waals surface area (Å²) in [5.41, 5.74) is 0.910. The molecule has 0 amide bonds. The molecule has 0 bridgehead atoms. The maximum atomic E-state index is 8.74.